The van der Waals surface area contributed by atoms with E-state index in [0.717, 1.165) is 12.8 Å². The van der Waals surface area contributed by atoms with E-state index in [1.54, 1.807) is 6.08 Å². The molecule has 3 nitrogen and oxygen atoms in total. The highest BCUT2D eigenvalue weighted by atomic mass is 79.9. The summed E-state index contributed by atoms with van der Waals surface area (Å²) >= 11 is 3.24. The zero-order valence-corrected chi connectivity index (χ0v) is 13.6. The smallest absolute Gasteiger partial charge is 0.225 e. The number of unbranched alkanes of at least 4 members (excludes halogenated alkanes) is 1. The molecule has 0 aliphatic heterocycles. The van der Waals surface area contributed by atoms with E-state index in [0.29, 0.717) is 17.3 Å². The fourth-order valence-electron chi connectivity index (χ4n) is 2.41. The third-order valence-electron chi connectivity index (χ3n) is 3.39. The van der Waals surface area contributed by atoms with Gasteiger partial charge in [0.25, 0.3) is 0 Å². The number of rotatable bonds is 7. The minimum Gasteiger partial charge on any atom is -0.225 e. The van der Waals surface area contributed by atoms with E-state index >= 15 is 0 Å². The van der Waals surface area contributed by atoms with Crippen LogP contribution >= 0.6 is 15.9 Å². The molecule has 0 radical (unpaired) electrons. The molecular weight excluding hydrogens is 345 g/mol. The van der Waals surface area contributed by atoms with Crippen LogP contribution < -0.4 is 5.14 Å². The third-order valence-corrected chi connectivity index (χ3v) is 4.69. The molecule has 112 valence electrons. The average Bonchev–Trinajstić information content (AvgIpc) is 2.31. The molecule has 0 amide bonds. The van der Waals surface area contributed by atoms with Crippen molar-refractivity contribution < 1.29 is 12.8 Å². The van der Waals surface area contributed by atoms with E-state index in [2.05, 4.69) is 29.1 Å². The maximum absolute atomic E-state index is 14.3. The highest BCUT2D eigenvalue weighted by Crippen LogP contribution is 2.48. The minimum absolute atomic E-state index is 0.0613. The molecule has 6 heteroatoms. The van der Waals surface area contributed by atoms with Gasteiger partial charge in [-0.15, -0.1) is 6.58 Å². The summed E-state index contributed by atoms with van der Waals surface area (Å²) in [6.45, 7) is 7.38. The van der Waals surface area contributed by atoms with Crippen LogP contribution in [0, 0.1) is 5.41 Å². The molecule has 20 heavy (non-hydrogen) atoms. The maximum atomic E-state index is 14.3. The van der Waals surface area contributed by atoms with Gasteiger partial charge in [0.1, 0.15) is 5.83 Å². The van der Waals surface area contributed by atoms with Gasteiger partial charge in [-0.3, -0.25) is 0 Å². The van der Waals surface area contributed by atoms with Gasteiger partial charge in [0.15, 0.2) is 0 Å². The van der Waals surface area contributed by atoms with E-state index < -0.39 is 15.4 Å². The second-order valence-electron chi connectivity index (χ2n) is 5.02. The molecule has 0 aromatic carbocycles. The first-order valence-corrected chi connectivity index (χ1v) is 8.59. The molecule has 1 aliphatic carbocycles. The molecule has 0 aromatic heterocycles. The molecule has 1 aliphatic rings. The molecule has 1 unspecified atom stereocenters. The molecule has 0 aromatic rings. The Morgan fingerprint density at radius 3 is 2.70 bits per heavy atom. The Bertz CT molecular complexity index is 566. The summed E-state index contributed by atoms with van der Waals surface area (Å²) in [5.41, 5.74) is -0.889. The van der Waals surface area contributed by atoms with Gasteiger partial charge in [-0.2, -0.15) is 0 Å². The first-order chi connectivity index (χ1) is 9.21. The molecule has 0 heterocycles. The highest BCUT2D eigenvalue weighted by molar-refractivity contribution is 9.11. The van der Waals surface area contributed by atoms with Crippen molar-refractivity contribution in [3.63, 3.8) is 0 Å². The van der Waals surface area contributed by atoms with E-state index in [1.807, 2.05) is 0 Å². The highest BCUT2D eigenvalue weighted by Gasteiger charge is 2.39. The zero-order chi connectivity index (χ0) is 15.4. The Morgan fingerprint density at radius 2 is 2.20 bits per heavy atom. The predicted octanol–water partition coefficient (Wildman–Crippen LogP) is 4.06. The van der Waals surface area contributed by atoms with E-state index in [9.17, 15) is 12.8 Å². The fourth-order valence-corrected chi connectivity index (χ4v) is 3.68. The topological polar surface area (TPSA) is 60.2 Å². The van der Waals surface area contributed by atoms with Crippen LogP contribution in [0.1, 0.15) is 32.1 Å². The van der Waals surface area contributed by atoms with Crippen molar-refractivity contribution in [2.45, 2.75) is 32.1 Å². The third kappa shape index (κ3) is 4.40. The SMILES string of the molecule is C=CCCCC1(CC(=C)Br)CC(S(N)(=O)=O)=CC=C1F. The fraction of sp³-hybridized carbons (Fsp3) is 0.429. The Kier molecular flexibility index (Phi) is 5.91. The maximum Gasteiger partial charge on any atom is 0.234 e. The Labute approximate surface area is 128 Å². The molecular formula is C14H19BrFNO2S. The van der Waals surface area contributed by atoms with Gasteiger partial charge in [-0.05, 0) is 48.7 Å². The Morgan fingerprint density at radius 1 is 1.55 bits per heavy atom. The second kappa shape index (κ2) is 6.83. The van der Waals surface area contributed by atoms with Crippen LogP contribution in [-0.2, 0) is 10.0 Å². The zero-order valence-electron chi connectivity index (χ0n) is 11.2. The van der Waals surface area contributed by atoms with Gasteiger partial charge >= 0.3 is 0 Å². The van der Waals surface area contributed by atoms with Gasteiger partial charge < -0.3 is 0 Å². The summed E-state index contributed by atoms with van der Waals surface area (Å²) in [5.74, 6) is -0.324. The van der Waals surface area contributed by atoms with Gasteiger partial charge in [0, 0.05) is 5.41 Å². The van der Waals surface area contributed by atoms with Gasteiger partial charge in [-0.25, -0.2) is 17.9 Å². The first-order valence-electron chi connectivity index (χ1n) is 6.25. The standard InChI is InChI=1S/C14H19BrFNO2S/c1-3-4-5-8-14(9-11(2)15)10-12(20(17,18)19)6-7-13(14)16/h3,6-7H,1-2,4-5,8-10H2,(H2,17,18,19). The number of allylic oxidation sites excluding steroid dienone is 6. The summed E-state index contributed by atoms with van der Waals surface area (Å²) in [7, 11) is -3.80. The summed E-state index contributed by atoms with van der Waals surface area (Å²) in [4.78, 5) is 0.0613. The molecule has 1 rings (SSSR count). The molecule has 0 bridgehead atoms. The van der Waals surface area contributed by atoms with Crippen molar-refractivity contribution in [1.29, 1.82) is 0 Å². The number of hydrogen-bond donors (Lipinski definition) is 1. The minimum atomic E-state index is -3.80. The number of nitrogens with two attached hydrogens (primary N) is 1. The number of sulfonamides is 1. The second-order valence-corrected chi connectivity index (χ2v) is 7.76. The Balaban J connectivity index is 3.10. The lowest BCUT2D eigenvalue weighted by Gasteiger charge is -2.35. The molecule has 0 spiro atoms. The van der Waals surface area contributed by atoms with Crippen LogP contribution in [-0.4, -0.2) is 8.42 Å². The van der Waals surface area contributed by atoms with Crippen LogP contribution in [0.5, 0.6) is 0 Å². The van der Waals surface area contributed by atoms with Gasteiger partial charge in [0.2, 0.25) is 10.0 Å². The predicted molar refractivity (Wildman–Crippen MR) is 84.2 cm³/mol. The van der Waals surface area contributed by atoms with Crippen molar-refractivity contribution in [2.75, 3.05) is 0 Å². The van der Waals surface area contributed by atoms with E-state index in [-0.39, 0.29) is 17.2 Å². The van der Waals surface area contributed by atoms with Crippen molar-refractivity contribution in [3.05, 3.63) is 46.6 Å². The van der Waals surface area contributed by atoms with Crippen LogP contribution in [0.4, 0.5) is 4.39 Å². The van der Waals surface area contributed by atoms with Gasteiger partial charge in [-0.1, -0.05) is 28.6 Å². The van der Waals surface area contributed by atoms with Crippen molar-refractivity contribution in [2.24, 2.45) is 10.6 Å². The van der Waals surface area contributed by atoms with E-state index in [1.165, 1.54) is 12.2 Å². The quantitative estimate of drug-likeness (QED) is 0.547. The van der Waals surface area contributed by atoms with Crippen LogP contribution in [0.25, 0.3) is 0 Å². The molecule has 0 fully saturated rings. The summed E-state index contributed by atoms with van der Waals surface area (Å²) in [6.07, 6.45) is 6.59. The molecule has 2 N–H and O–H groups in total. The molecule has 1 atom stereocenters. The van der Waals surface area contributed by atoms with Crippen LogP contribution in [0.3, 0.4) is 0 Å². The lowest BCUT2D eigenvalue weighted by Crippen LogP contribution is -2.29. The molecule has 0 saturated carbocycles. The van der Waals surface area contributed by atoms with Gasteiger partial charge in [0.05, 0.1) is 4.91 Å². The lowest BCUT2D eigenvalue weighted by atomic mass is 9.73. The van der Waals surface area contributed by atoms with Crippen molar-refractivity contribution >= 4 is 26.0 Å². The average molecular weight is 364 g/mol. The Hall–Kier alpha value is -0.720. The van der Waals surface area contributed by atoms with Crippen LogP contribution in [0.2, 0.25) is 0 Å². The molecule has 0 saturated heterocycles. The largest absolute Gasteiger partial charge is 0.234 e. The summed E-state index contributed by atoms with van der Waals surface area (Å²) < 4.78 is 38.0. The number of hydrogen-bond acceptors (Lipinski definition) is 2. The number of primary sulfonamides is 1. The summed E-state index contributed by atoms with van der Waals surface area (Å²) in [6, 6.07) is 0. The van der Waals surface area contributed by atoms with Crippen molar-refractivity contribution in [3.8, 4) is 0 Å². The first kappa shape index (κ1) is 17.3. The number of halogens is 2. The normalized spacial score (nSPS) is 22.9. The van der Waals surface area contributed by atoms with E-state index in [4.69, 9.17) is 5.14 Å². The lowest BCUT2D eigenvalue weighted by molar-refractivity contribution is 0.256. The van der Waals surface area contributed by atoms with Crippen molar-refractivity contribution in [1.82, 2.24) is 0 Å². The monoisotopic (exact) mass is 363 g/mol. The van der Waals surface area contributed by atoms with Crippen LogP contribution in [0.15, 0.2) is 46.6 Å². The summed E-state index contributed by atoms with van der Waals surface area (Å²) in [5, 5.41) is 5.16.